The number of ether oxygens (including phenoxy) is 2. The molecule has 4 nitrogen and oxygen atoms in total. The van der Waals surface area contributed by atoms with Gasteiger partial charge in [0.05, 0.1) is 43.1 Å². The Morgan fingerprint density at radius 3 is 2.82 bits per heavy atom. The van der Waals surface area contributed by atoms with Crippen LogP contribution in [0, 0.1) is 5.41 Å². The topological polar surface area (TPSA) is 50.7 Å². The van der Waals surface area contributed by atoms with E-state index in [1.165, 1.54) is 0 Å². The van der Waals surface area contributed by atoms with Crippen molar-refractivity contribution >= 4 is 17.3 Å². The molecule has 17 heavy (non-hydrogen) atoms. The van der Waals surface area contributed by atoms with Gasteiger partial charge in [0.25, 0.3) is 0 Å². The van der Waals surface area contributed by atoms with Gasteiger partial charge in [-0.3, -0.25) is 0 Å². The molecule has 1 aromatic rings. The molecular formula is C12H16ClNO3. The molecule has 94 valence electrons. The van der Waals surface area contributed by atoms with Crippen LogP contribution in [0.15, 0.2) is 18.2 Å². The highest BCUT2D eigenvalue weighted by Crippen LogP contribution is 2.31. The maximum Gasteiger partial charge on any atom is 0.121 e. The standard InChI is InChI=1S/C12H16ClNO3/c1-16-9-2-3-10(13)11(4-9)14-5-12(6-15)7-17-8-12/h2-4,14-15H,5-8H2,1H3. The molecule has 2 N–H and O–H groups in total. The lowest BCUT2D eigenvalue weighted by Crippen LogP contribution is -2.50. The van der Waals surface area contributed by atoms with Crippen molar-refractivity contribution in [2.45, 2.75) is 0 Å². The van der Waals surface area contributed by atoms with E-state index < -0.39 is 0 Å². The van der Waals surface area contributed by atoms with Crippen LogP contribution < -0.4 is 10.1 Å². The fraction of sp³-hybridized carbons (Fsp3) is 0.500. The molecule has 0 unspecified atom stereocenters. The Labute approximate surface area is 105 Å². The van der Waals surface area contributed by atoms with E-state index in [0.29, 0.717) is 24.8 Å². The maximum atomic E-state index is 9.31. The van der Waals surface area contributed by atoms with E-state index in [0.717, 1.165) is 11.4 Å². The van der Waals surface area contributed by atoms with Crippen molar-refractivity contribution in [2.75, 3.05) is 38.8 Å². The number of hydrogen-bond donors (Lipinski definition) is 2. The minimum Gasteiger partial charge on any atom is -0.497 e. The maximum absolute atomic E-state index is 9.31. The van der Waals surface area contributed by atoms with Crippen LogP contribution in [0.1, 0.15) is 0 Å². The van der Waals surface area contributed by atoms with Gasteiger partial charge in [0.2, 0.25) is 0 Å². The van der Waals surface area contributed by atoms with Crippen LogP contribution in [0.25, 0.3) is 0 Å². The summed E-state index contributed by atoms with van der Waals surface area (Å²) in [7, 11) is 1.61. The number of nitrogens with one attached hydrogen (secondary N) is 1. The number of anilines is 1. The highest BCUT2D eigenvalue weighted by atomic mass is 35.5. The van der Waals surface area contributed by atoms with Crippen molar-refractivity contribution in [3.05, 3.63) is 23.2 Å². The number of hydrogen-bond acceptors (Lipinski definition) is 4. The molecule has 5 heteroatoms. The first kappa shape index (κ1) is 12.5. The molecule has 0 aliphatic carbocycles. The first-order chi connectivity index (χ1) is 8.19. The summed E-state index contributed by atoms with van der Waals surface area (Å²) in [5.41, 5.74) is 0.637. The molecule has 0 radical (unpaired) electrons. The molecule has 1 aliphatic rings. The predicted molar refractivity (Wildman–Crippen MR) is 66.8 cm³/mol. The second kappa shape index (κ2) is 5.12. The van der Waals surface area contributed by atoms with Gasteiger partial charge in [-0.15, -0.1) is 0 Å². The van der Waals surface area contributed by atoms with Crippen molar-refractivity contribution < 1.29 is 14.6 Å². The molecule has 0 aromatic heterocycles. The van der Waals surface area contributed by atoms with Gasteiger partial charge >= 0.3 is 0 Å². The average Bonchev–Trinajstić information content (AvgIpc) is 2.30. The van der Waals surface area contributed by atoms with E-state index in [2.05, 4.69) is 5.32 Å². The Hall–Kier alpha value is -0.970. The highest BCUT2D eigenvalue weighted by Gasteiger charge is 2.37. The lowest BCUT2D eigenvalue weighted by molar-refractivity contribution is -0.128. The molecule has 1 saturated heterocycles. The third kappa shape index (κ3) is 2.65. The molecule has 1 aromatic carbocycles. The van der Waals surface area contributed by atoms with Crippen LogP contribution in [-0.2, 0) is 4.74 Å². The van der Waals surface area contributed by atoms with Gasteiger partial charge in [-0.1, -0.05) is 11.6 Å². The number of methoxy groups -OCH3 is 1. The van der Waals surface area contributed by atoms with E-state index in [-0.39, 0.29) is 12.0 Å². The number of aliphatic hydroxyl groups is 1. The molecule has 1 heterocycles. The van der Waals surface area contributed by atoms with Gasteiger partial charge in [-0.2, -0.15) is 0 Å². The van der Waals surface area contributed by atoms with Crippen LogP contribution >= 0.6 is 11.6 Å². The van der Waals surface area contributed by atoms with E-state index in [1.54, 1.807) is 13.2 Å². The zero-order valence-electron chi connectivity index (χ0n) is 9.70. The first-order valence-electron chi connectivity index (χ1n) is 5.45. The number of aliphatic hydroxyl groups excluding tert-OH is 1. The monoisotopic (exact) mass is 257 g/mol. The van der Waals surface area contributed by atoms with E-state index in [9.17, 15) is 5.11 Å². The molecule has 1 fully saturated rings. The summed E-state index contributed by atoms with van der Waals surface area (Å²) in [6.45, 7) is 1.91. The average molecular weight is 258 g/mol. The Balaban J connectivity index is 2.02. The van der Waals surface area contributed by atoms with Crippen molar-refractivity contribution in [3.8, 4) is 5.75 Å². The largest absolute Gasteiger partial charge is 0.497 e. The fourth-order valence-corrected chi connectivity index (χ4v) is 1.87. The smallest absolute Gasteiger partial charge is 0.121 e. The lowest BCUT2D eigenvalue weighted by Gasteiger charge is -2.40. The second-order valence-corrected chi connectivity index (χ2v) is 4.76. The van der Waals surface area contributed by atoms with Crippen LogP contribution in [0.4, 0.5) is 5.69 Å². The molecular weight excluding hydrogens is 242 g/mol. The Morgan fingerprint density at radius 2 is 2.29 bits per heavy atom. The molecule has 2 rings (SSSR count). The molecule has 0 saturated carbocycles. The van der Waals surface area contributed by atoms with Crippen LogP contribution in [0.5, 0.6) is 5.75 Å². The van der Waals surface area contributed by atoms with Gasteiger partial charge in [0.1, 0.15) is 5.75 Å². The number of rotatable bonds is 5. The van der Waals surface area contributed by atoms with Crippen molar-refractivity contribution in [1.29, 1.82) is 0 Å². The summed E-state index contributed by atoms with van der Waals surface area (Å²) in [5, 5.41) is 13.2. The van der Waals surface area contributed by atoms with Crippen LogP contribution in [0.3, 0.4) is 0 Å². The molecule has 0 spiro atoms. The molecule has 1 aliphatic heterocycles. The summed E-state index contributed by atoms with van der Waals surface area (Å²) < 4.78 is 10.3. The van der Waals surface area contributed by atoms with Crippen molar-refractivity contribution in [3.63, 3.8) is 0 Å². The van der Waals surface area contributed by atoms with Gasteiger partial charge in [0, 0.05) is 12.6 Å². The van der Waals surface area contributed by atoms with E-state index in [4.69, 9.17) is 21.1 Å². The Kier molecular flexibility index (Phi) is 3.76. The van der Waals surface area contributed by atoms with Crippen LogP contribution in [0.2, 0.25) is 5.02 Å². The number of halogens is 1. The van der Waals surface area contributed by atoms with Crippen molar-refractivity contribution in [2.24, 2.45) is 5.41 Å². The van der Waals surface area contributed by atoms with Crippen LogP contribution in [-0.4, -0.2) is 38.6 Å². The van der Waals surface area contributed by atoms with Gasteiger partial charge in [0.15, 0.2) is 0 Å². The normalized spacial score (nSPS) is 17.4. The fourth-order valence-electron chi connectivity index (χ4n) is 1.69. The van der Waals surface area contributed by atoms with Gasteiger partial charge < -0.3 is 19.9 Å². The SMILES string of the molecule is COc1ccc(Cl)c(NCC2(CO)COC2)c1. The summed E-state index contributed by atoms with van der Waals surface area (Å²) in [6, 6.07) is 5.43. The molecule has 0 bridgehead atoms. The minimum atomic E-state index is -0.174. The van der Waals surface area contributed by atoms with E-state index >= 15 is 0 Å². The third-order valence-electron chi connectivity index (χ3n) is 2.98. The quantitative estimate of drug-likeness (QED) is 0.844. The lowest BCUT2D eigenvalue weighted by atomic mass is 9.87. The van der Waals surface area contributed by atoms with Gasteiger partial charge in [-0.05, 0) is 12.1 Å². The number of benzene rings is 1. The second-order valence-electron chi connectivity index (χ2n) is 4.35. The summed E-state index contributed by atoms with van der Waals surface area (Å²) >= 11 is 6.07. The highest BCUT2D eigenvalue weighted by molar-refractivity contribution is 6.33. The summed E-state index contributed by atoms with van der Waals surface area (Å²) in [4.78, 5) is 0. The van der Waals surface area contributed by atoms with E-state index in [1.807, 2.05) is 12.1 Å². The van der Waals surface area contributed by atoms with Gasteiger partial charge in [-0.25, -0.2) is 0 Å². The summed E-state index contributed by atoms with van der Waals surface area (Å²) in [6.07, 6.45) is 0. The predicted octanol–water partition coefficient (Wildman–Crippen LogP) is 1.77. The van der Waals surface area contributed by atoms with Crippen molar-refractivity contribution in [1.82, 2.24) is 0 Å². The third-order valence-corrected chi connectivity index (χ3v) is 3.31. The zero-order valence-corrected chi connectivity index (χ0v) is 10.5. The zero-order chi connectivity index (χ0) is 12.3. The Morgan fingerprint density at radius 1 is 1.53 bits per heavy atom. The first-order valence-corrected chi connectivity index (χ1v) is 5.83. The summed E-state index contributed by atoms with van der Waals surface area (Å²) in [5.74, 6) is 0.750. The Bertz CT molecular complexity index is 388. The molecule has 0 atom stereocenters. The minimum absolute atomic E-state index is 0.113. The molecule has 0 amide bonds.